The molecule has 1 aromatic rings. The minimum Gasteiger partial charge on any atom is -0.494 e. The first-order chi connectivity index (χ1) is 8.51. The molecule has 0 heterocycles. The maximum Gasteiger partial charge on any atom is 0.168 e. The summed E-state index contributed by atoms with van der Waals surface area (Å²) >= 11 is 0. The fourth-order valence-corrected chi connectivity index (χ4v) is 2.18. The van der Waals surface area contributed by atoms with E-state index in [-0.39, 0.29) is 23.7 Å². The Hall–Kier alpha value is -1.13. The number of hydrogen-bond acceptors (Lipinski definition) is 3. The van der Waals surface area contributed by atoms with E-state index in [0.717, 1.165) is 0 Å². The van der Waals surface area contributed by atoms with Crippen LogP contribution in [0, 0.1) is 11.7 Å². The van der Waals surface area contributed by atoms with Gasteiger partial charge < -0.3 is 15.2 Å². The van der Waals surface area contributed by atoms with Crippen molar-refractivity contribution in [1.29, 1.82) is 0 Å². The lowest BCUT2D eigenvalue weighted by atomic mass is 9.94. The molecule has 0 fully saturated rings. The van der Waals surface area contributed by atoms with E-state index in [0.29, 0.717) is 17.9 Å². The number of hydrogen-bond donors (Lipinski definition) is 1. The van der Waals surface area contributed by atoms with Gasteiger partial charge in [-0.15, -0.1) is 0 Å². The normalized spacial score (nSPS) is 14.6. The van der Waals surface area contributed by atoms with Gasteiger partial charge in [-0.1, -0.05) is 26.0 Å². The third kappa shape index (κ3) is 3.43. The van der Waals surface area contributed by atoms with Gasteiger partial charge in [-0.05, 0) is 24.0 Å². The molecule has 0 radical (unpaired) electrons. The lowest BCUT2D eigenvalue weighted by Gasteiger charge is -2.26. The minimum atomic E-state index is -0.339. The fraction of sp³-hybridized carbons (Fsp3) is 0.571. The topological polar surface area (TPSA) is 44.5 Å². The molecule has 0 aliphatic carbocycles. The van der Waals surface area contributed by atoms with Crippen molar-refractivity contribution in [2.24, 2.45) is 11.7 Å². The third-order valence-corrected chi connectivity index (χ3v) is 3.07. The van der Waals surface area contributed by atoms with Crippen LogP contribution in [-0.4, -0.2) is 26.4 Å². The van der Waals surface area contributed by atoms with Crippen LogP contribution in [0.3, 0.4) is 0 Å². The monoisotopic (exact) mass is 255 g/mol. The lowest BCUT2D eigenvalue weighted by Crippen LogP contribution is -2.41. The Morgan fingerprint density at radius 2 is 1.94 bits per heavy atom. The Morgan fingerprint density at radius 1 is 1.28 bits per heavy atom. The Bertz CT molecular complexity index is 382. The quantitative estimate of drug-likeness (QED) is 0.848. The van der Waals surface area contributed by atoms with E-state index in [1.165, 1.54) is 7.11 Å². The van der Waals surface area contributed by atoms with Gasteiger partial charge in [0, 0.05) is 13.2 Å². The molecule has 1 rings (SSSR count). The number of ether oxygens (including phenoxy) is 2. The van der Waals surface area contributed by atoms with Gasteiger partial charge in [0.1, 0.15) is 0 Å². The largest absolute Gasteiger partial charge is 0.494 e. The minimum absolute atomic E-state index is 0.0874. The van der Waals surface area contributed by atoms with Crippen LogP contribution >= 0.6 is 0 Å². The Balaban J connectivity index is 2.84. The molecule has 4 heteroatoms. The molecular formula is C14H22FNO2. The highest BCUT2D eigenvalue weighted by molar-refractivity contribution is 5.31. The summed E-state index contributed by atoms with van der Waals surface area (Å²) in [6.07, 6.45) is 0.343. The predicted octanol–water partition coefficient (Wildman–Crippen LogP) is 2.38. The summed E-state index contributed by atoms with van der Waals surface area (Å²) in [5.74, 6) is 0.200. The van der Waals surface area contributed by atoms with E-state index in [1.807, 2.05) is 13.8 Å². The van der Waals surface area contributed by atoms with Gasteiger partial charge in [-0.25, -0.2) is 4.39 Å². The first-order valence-corrected chi connectivity index (χ1v) is 6.11. The van der Waals surface area contributed by atoms with Crippen LogP contribution in [0.2, 0.25) is 0 Å². The van der Waals surface area contributed by atoms with Gasteiger partial charge in [0.2, 0.25) is 0 Å². The zero-order chi connectivity index (χ0) is 13.7. The maximum atomic E-state index is 14.0. The van der Waals surface area contributed by atoms with Gasteiger partial charge in [-0.3, -0.25) is 0 Å². The molecule has 0 saturated carbocycles. The number of halogens is 1. The molecule has 0 aliphatic heterocycles. The molecule has 0 amide bonds. The van der Waals surface area contributed by atoms with E-state index >= 15 is 0 Å². The average Bonchev–Trinajstić information content (AvgIpc) is 2.32. The summed E-state index contributed by atoms with van der Waals surface area (Å²) in [7, 11) is 3.08. The smallest absolute Gasteiger partial charge is 0.168 e. The molecular weight excluding hydrogens is 233 g/mol. The summed E-state index contributed by atoms with van der Waals surface area (Å²) in [5, 5.41) is 0. The highest BCUT2D eigenvalue weighted by atomic mass is 19.1. The van der Waals surface area contributed by atoms with Gasteiger partial charge in [0.25, 0.3) is 0 Å². The lowest BCUT2D eigenvalue weighted by molar-refractivity contribution is 0.0439. The standard InChI is InChI=1S/C14H22FNO2/c1-9(2)14(18-4)11(16)8-10-6-5-7-12(17-3)13(10)15/h5-7,9,11,14H,8,16H2,1-4H3. The zero-order valence-corrected chi connectivity index (χ0v) is 11.4. The number of nitrogens with two attached hydrogens (primary N) is 1. The van der Waals surface area contributed by atoms with Crippen LogP contribution in [0.1, 0.15) is 19.4 Å². The second-order valence-corrected chi connectivity index (χ2v) is 4.75. The van der Waals surface area contributed by atoms with Crippen molar-refractivity contribution in [2.45, 2.75) is 32.4 Å². The molecule has 2 N–H and O–H groups in total. The summed E-state index contributed by atoms with van der Waals surface area (Å²) in [4.78, 5) is 0. The molecule has 0 saturated heterocycles. The number of benzene rings is 1. The van der Waals surface area contributed by atoms with E-state index < -0.39 is 0 Å². The molecule has 2 atom stereocenters. The van der Waals surface area contributed by atoms with Crippen LogP contribution < -0.4 is 10.5 Å². The van der Waals surface area contributed by atoms with Crippen molar-refractivity contribution in [3.63, 3.8) is 0 Å². The van der Waals surface area contributed by atoms with Crippen LogP contribution in [-0.2, 0) is 11.2 Å². The molecule has 18 heavy (non-hydrogen) atoms. The Morgan fingerprint density at radius 3 is 2.44 bits per heavy atom. The van der Waals surface area contributed by atoms with Gasteiger partial charge in [-0.2, -0.15) is 0 Å². The predicted molar refractivity (Wildman–Crippen MR) is 70.3 cm³/mol. The van der Waals surface area contributed by atoms with Crippen LogP contribution in [0.25, 0.3) is 0 Å². The fourth-order valence-electron chi connectivity index (χ4n) is 2.18. The van der Waals surface area contributed by atoms with Crippen molar-refractivity contribution in [3.8, 4) is 5.75 Å². The van der Waals surface area contributed by atoms with Crippen molar-refractivity contribution >= 4 is 0 Å². The highest BCUT2D eigenvalue weighted by Gasteiger charge is 2.22. The average molecular weight is 255 g/mol. The number of methoxy groups -OCH3 is 2. The Kier molecular flexibility index (Phi) is 5.56. The van der Waals surface area contributed by atoms with Gasteiger partial charge in [0.15, 0.2) is 11.6 Å². The zero-order valence-electron chi connectivity index (χ0n) is 11.4. The highest BCUT2D eigenvalue weighted by Crippen LogP contribution is 2.22. The maximum absolute atomic E-state index is 14.0. The second kappa shape index (κ2) is 6.71. The van der Waals surface area contributed by atoms with Crippen molar-refractivity contribution < 1.29 is 13.9 Å². The molecule has 2 unspecified atom stereocenters. The summed E-state index contributed by atoms with van der Waals surface area (Å²) in [5.41, 5.74) is 6.65. The summed E-state index contributed by atoms with van der Waals surface area (Å²) in [6, 6.07) is 4.85. The van der Waals surface area contributed by atoms with Crippen molar-refractivity contribution in [1.82, 2.24) is 0 Å². The van der Waals surface area contributed by atoms with E-state index in [9.17, 15) is 4.39 Å². The van der Waals surface area contributed by atoms with Gasteiger partial charge >= 0.3 is 0 Å². The van der Waals surface area contributed by atoms with Crippen LogP contribution in [0.4, 0.5) is 4.39 Å². The Labute approximate surface area is 108 Å². The van der Waals surface area contributed by atoms with Gasteiger partial charge in [0.05, 0.1) is 13.2 Å². The second-order valence-electron chi connectivity index (χ2n) is 4.75. The van der Waals surface area contributed by atoms with Crippen molar-refractivity contribution in [2.75, 3.05) is 14.2 Å². The molecule has 0 bridgehead atoms. The van der Waals surface area contributed by atoms with Crippen molar-refractivity contribution in [3.05, 3.63) is 29.6 Å². The SMILES string of the molecule is COc1cccc(CC(N)C(OC)C(C)C)c1F. The van der Waals surface area contributed by atoms with Crippen LogP contribution in [0.5, 0.6) is 5.75 Å². The number of rotatable bonds is 6. The molecule has 1 aromatic carbocycles. The molecule has 3 nitrogen and oxygen atoms in total. The van der Waals surface area contributed by atoms with E-state index in [2.05, 4.69) is 0 Å². The first-order valence-electron chi connectivity index (χ1n) is 6.11. The molecule has 0 spiro atoms. The third-order valence-electron chi connectivity index (χ3n) is 3.07. The summed E-state index contributed by atoms with van der Waals surface area (Å²) < 4.78 is 24.3. The molecule has 0 aliphatic rings. The van der Waals surface area contributed by atoms with Crippen LogP contribution in [0.15, 0.2) is 18.2 Å². The van der Waals surface area contributed by atoms with E-state index in [1.54, 1.807) is 25.3 Å². The summed E-state index contributed by atoms with van der Waals surface area (Å²) in [6.45, 7) is 4.08. The molecule has 102 valence electrons. The van der Waals surface area contributed by atoms with E-state index in [4.69, 9.17) is 15.2 Å². The first kappa shape index (κ1) is 14.9. The molecule has 0 aromatic heterocycles.